The van der Waals surface area contributed by atoms with E-state index in [1.807, 2.05) is 0 Å². The molecule has 0 spiro atoms. The van der Waals surface area contributed by atoms with Crippen molar-refractivity contribution in [3.05, 3.63) is 35.1 Å². The average Bonchev–Trinajstić information content (AvgIpc) is 2.48. The van der Waals surface area contributed by atoms with Gasteiger partial charge in [-0.1, -0.05) is 0 Å². The molecule has 2 fully saturated rings. The van der Waals surface area contributed by atoms with Gasteiger partial charge in [0.2, 0.25) is 0 Å². The summed E-state index contributed by atoms with van der Waals surface area (Å²) in [6.45, 7) is 5.38. The van der Waals surface area contributed by atoms with E-state index in [0.717, 1.165) is 6.07 Å². The Balaban J connectivity index is 1.93. The first kappa shape index (κ1) is 19.0. The highest BCUT2D eigenvalue weighted by molar-refractivity contribution is 5.69. The van der Waals surface area contributed by atoms with Gasteiger partial charge in [0.1, 0.15) is 11.4 Å². The van der Waals surface area contributed by atoms with Crippen molar-refractivity contribution < 1.29 is 32.5 Å². The normalized spacial score (nSPS) is 28.8. The Morgan fingerprint density at radius 2 is 1.73 bits per heavy atom. The van der Waals surface area contributed by atoms with Crippen molar-refractivity contribution in [2.75, 3.05) is 13.2 Å². The quantitative estimate of drug-likeness (QED) is 0.769. The lowest BCUT2D eigenvalue weighted by Gasteiger charge is -2.51. The monoisotopic (exact) mass is 373 g/mol. The lowest BCUT2D eigenvalue weighted by atomic mass is 9.76. The van der Waals surface area contributed by atoms with Crippen molar-refractivity contribution in [3.63, 3.8) is 0 Å². The second-order valence-corrected chi connectivity index (χ2v) is 7.89. The molecule has 26 heavy (non-hydrogen) atoms. The zero-order valence-corrected chi connectivity index (χ0v) is 14.9. The summed E-state index contributed by atoms with van der Waals surface area (Å²) in [5.41, 5.74) is -3.34. The molecule has 144 valence electrons. The first-order valence-corrected chi connectivity index (χ1v) is 8.47. The van der Waals surface area contributed by atoms with Gasteiger partial charge in [-0.3, -0.25) is 4.90 Å². The van der Waals surface area contributed by atoms with Gasteiger partial charge in [0.05, 0.1) is 36.5 Å². The van der Waals surface area contributed by atoms with Gasteiger partial charge in [-0.2, -0.15) is 0 Å². The van der Waals surface area contributed by atoms with Crippen LogP contribution in [0.1, 0.15) is 39.2 Å². The molecule has 0 aromatic heterocycles. The fourth-order valence-corrected chi connectivity index (χ4v) is 3.75. The number of morpholine rings is 1. The van der Waals surface area contributed by atoms with E-state index in [0.29, 0.717) is 6.07 Å². The van der Waals surface area contributed by atoms with Gasteiger partial charge in [0.15, 0.2) is 11.6 Å². The van der Waals surface area contributed by atoms with Gasteiger partial charge in [-0.15, -0.1) is 0 Å². The highest BCUT2D eigenvalue weighted by Crippen LogP contribution is 2.43. The molecule has 1 aromatic rings. The van der Waals surface area contributed by atoms with Crippen LogP contribution in [0.25, 0.3) is 0 Å². The highest BCUT2D eigenvalue weighted by atomic mass is 19.2. The second kappa shape index (κ2) is 6.42. The molecule has 2 aliphatic rings. The smallest absolute Gasteiger partial charge is 0.410 e. The molecule has 0 radical (unpaired) electrons. The summed E-state index contributed by atoms with van der Waals surface area (Å²) >= 11 is 0. The molecule has 2 saturated heterocycles. The minimum Gasteiger partial charge on any atom is -0.444 e. The molecule has 1 amide bonds. The van der Waals surface area contributed by atoms with Crippen LogP contribution in [0.3, 0.4) is 0 Å². The van der Waals surface area contributed by atoms with Crippen molar-refractivity contribution >= 4 is 6.09 Å². The summed E-state index contributed by atoms with van der Waals surface area (Å²) in [7, 11) is 0. The molecule has 2 heterocycles. The predicted octanol–water partition coefficient (Wildman–Crippen LogP) is 3.09. The van der Waals surface area contributed by atoms with Gasteiger partial charge in [0.25, 0.3) is 0 Å². The van der Waals surface area contributed by atoms with E-state index in [1.54, 1.807) is 20.8 Å². The fraction of sp³-hybridized carbons (Fsp3) is 0.611. The third kappa shape index (κ3) is 3.40. The van der Waals surface area contributed by atoms with Crippen molar-refractivity contribution in [2.24, 2.45) is 0 Å². The maximum Gasteiger partial charge on any atom is 0.410 e. The van der Waals surface area contributed by atoms with Gasteiger partial charge in [0, 0.05) is 12.8 Å². The van der Waals surface area contributed by atoms with Gasteiger partial charge in [-0.05, 0) is 32.9 Å². The number of aliphatic hydroxyl groups is 1. The first-order chi connectivity index (χ1) is 12.0. The summed E-state index contributed by atoms with van der Waals surface area (Å²) in [6.07, 6.45) is -0.932. The van der Waals surface area contributed by atoms with Crippen LogP contribution in [0.2, 0.25) is 0 Å². The van der Waals surface area contributed by atoms with Crippen molar-refractivity contribution in [2.45, 2.75) is 56.9 Å². The Kier molecular flexibility index (Phi) is 4.69. The number of carbonyl (C=O) groups excluding carboxylic acids is 1. The van der Waals surface area contributed by atoms with Gasteiger partial charge >= 0.3 is 6.09 Å². The van der Waals surface area contributed by atoms with Gasteiger partial charge in [-0.25, -0.2) is 18.0 Å². The summed E-state index contributed by atoms with van der Waals surface area (Å²) in [6, 6.07) is 0.198. The van der Waals surface area contributed by atoms with Crippen LogP contribution >= 0.6 is 0 Å². The lowest BCUT2D eigenvalue weighted by Crippen LogP contribution is -2.63. The van der Waals surface area contributed by atoms with Crippen LogP contribution < -0.4 is 0 Å². The van der Waals surface area contributed by atoms with Crippen molar-refractivity contribution in [1.29, 1.82) is 0 Å². The van der Waals surface area contributed by atoms with E-state index < -0.39 is 52.4 Å². The third-order valence-corrected chi connectivity index (χ3v) is 4.67. The average molecular weight is 373 g/mol. The van der Waals surface area contributed by atoms with Crippen LogP contribution in [0.4, 0.5) is 18.0 Å². The largest absolute Gasteiger partial charge is 0.444 e. The van der Waals surface area contributed by atoms with Crippen LogP contribution in [0.5, 0.6) is 0 Å². The molecule has 3 rings (SSSR count). The molecule has 0 saturated carbocycles. The number of piperidine rings is 1. The number of halogens is 3. The van der Waals surface area contributed by atoms with E-state index in [4.69, 9.17) is 9.47 Å². The number of benzene rings is 1. The van der Waals surface area contributed by atoms with Gasteiger partial charge < -0.3 is 14.6 Å². The van der Waals surface area contributed by atoms with E-state index in [-0.39, 0.29) is 26.1 Å². The molecule has 8 heteroatoms. The molecule has 2 unspecified atom stereocenters. The van der Waals surface area contributed by atoms with Crippen LogP contribution in [-0.4, -0.2) is 47.0 Å². The van der Waals surface area contributed by atoms with Crippen LogP contribution in [-0.2, 0) is 15.1 Å². The number of ether oxygens (including phenoxy) is 2. The van der Waals surface area contributed by atoms with E-state index in [1.165, 1.54) is 4.90 Å². The number of hydrogen-bond donors (Lipinski definition) is 1. The van der Waals surface area contributed by atoms with Crippen LogP contribution in [0.15, 0.2) is 12.1 Å². The SMILES string of the molecule is CC(C)(C)OC(=O)N1C2COCC1CC(O)(c1c(F)ccc(F)c1F)C2. The standard InChI is InChI=1S/C18H22F3NO4/c1-17(2,3)26-16(23)22-10-6-18(24,7-11(22)9-25-8-10)14-12(19)4-5-13(20)15(14)21/h4-5,10-11,24H,6-9H2,1-3H3. The zero-order valence-electron chi connectivity index (χ0n) is 14.9. The highest BCUT2D eigenvalue weighted by Gasteiger charge is 2.51. The molecular formula is C18H22F3NO4. The molecule has 2 aliphatic heterocycles. The molecule has 1 aromatic carbocycles. The Hall–Kier alpha value is -1.80. The first-order valence-electron chi connectivity index (χ1n) is 8.47. The molecule has 2 atom stereocenters. The summed E-state index contributed by atoms with van der Waals surface area (Å²) < 4.78 is 52.9. The van der Waals surface area contributed by atoms with E-state index >= 15 is 0 Å². The minimum absolute atomic E-state index is 0.0939. The maximum atomic E-state index is 14.2. The second-order valence-electron chi connectivity index (χ2n) is 7.89. The topological polar surface area (TPSA) is 59.0 Å². The van der Waals surface area contributed by atoms with Crippen LogP contribution in [0, 0.1) is 17.5 Å². The molecular weight excluding hydrogens is 351 g/mol. The number of hydrogen-bond acceptors (Lipinski definition) is 4. The summed E-state index contributed by atoms with van der Waals surface area (Å²) in [5.74, 6) is -3.65. The lowest BCUT2D eigenvalue weighted by molar-refractivity contribution is -0.143. The zero-order chi connectivity index (χ0) is 19.3. The number of nitrogens with zero attached hydrogens (tertiary/aromatic N) is 1. The Bertz CT molecular complexity index is 705. The number of fused-ring (bicyclic) bond motifs is 2. The number of amides is 1. The summed E-state index contributed by atoms with van der Waals surface area (Å²) in [4.78, 5) is 14.0. The predicted molar refractivity (Wildman–Crippen MR) is 85.9 cm³/mol. The molecule has 5 nitrogen and oxygen atoms in total. The molecule has 2 bridgehead atoms. The van der Waals surface area contributed by atoms with E-state index in [9.17, 15) is 23.1 Å². The Labute approximate surface area is 149 Å². The number of carbonyl (C=O) groups is 1. The van der Waals surface area contributed by atoms with Crippen molar-refractivity contribution in [1.82, 2.24) is 4.90 Å². The Morgan fingerprint density at radius 3 is 2.27 bits per heavy atom. The molecule has 1 N–H and O–H groups in total. The maximum absolute atomic E-state index is 14.2. The van der Waals surface area contributed by atoms with E-state index in [2.05, 4.69) is 0 Å². The third-order valence-electron chi connectivity index (χ3n) is 4.67. The summed E-state index contributed by atoms with van der Waals surface area (Å²) in [5, 5.41) is 11.0. The van der Waals surface area contributed by atoms with Crippen molar-refractivity contribution in [3.8, 4) is 0 Å². The fourth-order valence-electron chi connectivity index (χ4n) is 3.75. The Morgan fingerprint density at radius 1 is 1.19 bits per heavy atom. The minimum atomic E-state index is -1.94. The number of rotatable bonds is 1. The molecule has 0 aliphatic carbocycles.